The molecule has 1 fully saturated rings. The molecular formula is C24H17F4N7O3. The Hall–Kier alpha value is -4.88. The van der Waals surface area contributed by atoms with Crippen LogP contribution in [-0.2, 0) is 11.0 Å². The van der Waals surface area contributed by atoms with Gasteiger partial charge in [-0.25, -0.2) is 9.07 Å². The summed E-state index contributed by atoms with van der Waals surface area (Å²) < 4.78 is 63.5. The predicted octanol–water partition coefficient (Wildman–Crippen LogP) is 3.45. The van der Waals surface area contributed by atoms with E-state index in [1.807, 2.05) is 0 Å². The summed E-state index contributed by atoms with van der Waals surface area (Å²) in [5, 5.41) is 7.16. The van der Waals surface area contributed by atoms with Crippen molar-refractivity contribution in [2.75, 3.05) is 35.2 Å². The molecule has 1 saturated heterocycles. The van der Waals surface area contributed by atoms with Crippen molar-refractivity contribution in [1.82, 2.24) is 19.9 Å². The van der Waals surface area contributed by atoms with E-state index in [-0.39, 0.29) is 48.1 Å². The minimum atomic E-state index is -4.87. The van der Waals surface area contributed by atoms with Gasteiger partial charge in [-0.05, 0) is 42.5 Å². The van der Waals surface area contributed by atoms with Crippen LogP contribution < -0.4 is 21.1 Å². The van der Waals surface area contributed by atoms with Crippen LogP contribution in [0.5, 0.6) is 0 Å². The Kier molecular flexibility index (Phi) is 5.15. The molecule has 0 radical (unpaired) electrons. The first kappa shape index (κ1) is 23.5. The molecular weight excluding hydrogens is 510 g/mol. The molecule has 0 aliphatic carbocycles. The molecule has 14 heteroatoms. The predicted molar refractivity (Wildman–Crippen MR) is 130 cm³/mol. The highest BCUT2D eigenvalue weighted by molar-refractivity contribution is 6.00. The van der Waals surface area contributed by atoms with Gasteiger partial charge in [0.15, 0.2) is 22.9 Å². The zero-order valence-corrected chi connectivity index (χ0v) is 19.3. The van der Waals surface area contributed by atoms with Crippen molar-refractivity contribution >= 4 is 45.0 Å². The lowest BCUT2D eigenvalue weighted by atomic mass is 10.1. The molecule has 3 aromatic heterocycles. The van der Waals surface area contributed by atoms with Crippen molar-refractivity contribution in [3.8, 4) is 5.69 Å². The lowest BCUT2D eigenvalue weighted by Gasteiger charge is -2.35. The molecule has 2 aromatic carbocycles. The largest absolute Gasteiger partial charge is 0.435 e. The van der Waals surface area contributed by atoms with E-state index >= 15 is 4.39 Å². The Balaban J connectivity index is 1.46. The van der Waals surface area contributed by atoms with E-state index in [1.54, 1.807) is 17.0 Å². The zero-order valence-electron chi connectivity index (χ0n) is 19.3. The number of fused-ring (bicyclic) bond motifs is 2. The van der Waals surface area contributed by atoms with Gasteiger partial charge in [0, 0.05) is 24.7 Å². The first-order valence-corrected chi connectivity index (χ1v) is 11.3. The third-order valence-electron chi connectivity index (χ3n) is 6.41. The second-order valence-electron chi connectivity index (χ2n) is 8.65. The number of nitrogens with two attached hydrogens (primary N) is 1. The van der Waals surface area contributed by atoms with E-state index in [2.05, 4.69) is 15.2 Å². The number of aromatic nitrogens is 4. The molecule has 3 N–H and O–H groups in total. The Labute approximate surface area is 209 Å². The molecule has 0 bridgehead atoms. The number of aromatic amines is 1. The molecule has 0 spiro atoms. The van der Waals surface area contributed by atoms with E-state index < -0.39 is 34.5 Å². The molecule has 38 heavy (non-hydrogen) atoms. The number of nitrogens with one attached hydrogen (secondary N) is 1. The number of hydrogen-bond donors (Lipinski definition) is 2. The van der Waals surface area contributed by atoms with Crippen LogP contribution in [0.15, 0.2) is 58.0 Å². The summed E-state index contributed by atoms with van der Waals surface area (Å²) in [6.07, 6.45) is -3.41. The van der Waals surface area contributed by atoms with Crippen LogP contribution in [0.2, 0.25) is 0 Å². The van der Waals surface area contributed by atoms with Crippen LogP contribution in [0.4, 0.5) is 34.8 Å². The highest BCUT2D eigenvalue weighted by atomic mass is 19.4. The monoisotopic (exact) mass is 527 g/mol. The van der Waals surface area contributed by atoms with Crippen molar-refractivity contribution in [3.63, 3.8) is 0 Å². The van der Waals surface area contributed by atoms with Gasteiger partial charge in [-0.3, -0.25) is 9.59 Å². The average molecular weight is 527 g/mol. The minimum Gasteiger partial charge on any atom is -0.380 e. The van der Waals surface area contributed by atoms with Gasteiger partial charge in [0.05, 0.1) is 23.3 Å². The topological polar surface area (TPSA) is 126 Å². The Bertz CT molecular complexity index is 1790. The molecule has 1 amide bonds. The number of H-pyrrole nitrogens is 1. The van der Waals surface area contributed by atoms with E-state index in [0.717, 1.165) is 21.7 Å². The van der Waals surface area contributed by atoms with Crippen LogP contribution >= 0.6 is 0 Å². The Morgan fingerprint density at radius 3 is 2.58 bits per heavy atom. The van der Waals surface area contributed by atoms with Crippen molar-refractivity contribution in [2.24, 2.45) is 0 Å². The molecule has 5 aromatic rings. The van der Waals surface area contributed by atoms with Gasteiger partial charge in [-0.2, -0.15) is 18.3 Å². The summed E-state index contributed by atoms with van der Waals surface area (Å²) in [7, 11) is 0. The Morgan fingerprint density at radius 2 is 1.84 bits per heavy atom. The van der Waals surface area contributed by atoms with Gasteiger partial charge >= 0.3 is 6.18 Å². The average Bonchev–Trinajstić information content (AvgIpc) is 3.46. The van der Waals surface area contributed by atoms with Crippen LogP contribution in [0.25, 0.3) is 27.6 Å². The number of nitrogens with zero attached hydrogens (tertiary/aromatic N) is 5. The molecule has 10 nitrogen and oxygen atoms in total. The highest BCUT2D eigenvalue weighted by Gasteiger charge is 2.39. The summed E-state index contributed by atoms with van der Waals surface area (Å²) in [4.78, 5) is 30.4. The second-order valence-corrected chi connectivity index (χ2v) is 8.65. The number of carbonyl (C=O) groups excluding carboxylic acids is 1. The SMILES string of the molecule is Nc1noc2ccc(-n3nc(C(F)(F)F)c4ccc(N5CCN(c6ccc[nH]c6=O)CC5=O)c(F)c43)cc12. The van der Waals surface area contributed by atoms with Crippen molar-refractivity contribution in [3.05, 3.63) is 70.5 Å². The summed E-state index contributed by atoms with van der Waals surface area (Å²) >= 11 is 0. The third kappa shape index (κ3) is 3.64. The summed E-state index contributed by atoms with van der Waals surface area (Å²) in [5.41, 5.74) is 4.12. The van der Waals surface area contributed by atoms with Gasteiger partial charge in [0.1, 0.15) is 11.2 Å². The van der Waals surface area contributed by atoms with E-state index in [9.17, 15) is 22.8 Å². The van der Waals surface area contributed by atoms with Crippen molar-refractivity contribution in [2.45, 2.75) is 6.18 Å². The van der Waals surface area contributed by atoms with Crippen molar-refractivity contribution in [1.29, 1.82) is 0 Å². The second kappa shape index (κ2) is 8.33. The smallest absolute Gasteiger partial charge is 0.380 e. The van der Waals surface area contributed by atoms with Crippen LogP contribution in [0.1, 0.15) is 5.69 Å². The quantitative estimate of drug-likeness (QED) is 0.344. The fourth-order valence-corrected chi connectivity index (χ4v) is 4.63. The molecule has 0 unspecified atom stereocenters. The summed E-state index contributed by atoms with van der Waals surface area (Å²) in [6.45, 7) is -0.0209. The number of piperazine rings is 1. The molecule has 0 saturated carbocycles. The maximum absolute atomic E-state index is 16.0. The first-order chi connectivity index (χ1) is 18.1. The minimum absolute atomic E-state index is 0.000951. The maximum atomic E-state index is 16.0. The summed E-state index contributed by atoms with van der Waals surface area (Å²) in [5.74, 6) is -1.57. The fourth-order valence-electron chi connectivity index (χ4n) is 4.63. The van der Waals surface area contributed by atoms with E-state index in [0.29, 0.717) is 11.0 Å². The van der Waals surface area contributed by atoms with Crippen LogP contribution in [0.3, 0.4) is 0 Å². The van der Waals surface area contributed by atoms with Gasteiger partial charge < -0.3 is 25.0 Å². The number of alkyl halides is 3. The normalized spacial score (nSPS) is 14.7. The Morgan fingerprint density at radius 1 is 1.03 bits per heavy atom. The zero-order chi connectivity index (χ0) is 26.8. The number of hydrogen-bond acceptors (Lipinski definition) is 7. The maximum Gasteiger partial charge on any atom is 0.435 e. The van der Waals surface area contributed by atoms with Crippen LogP contribution in [-0.4, -0.2) is 45.5 Å². The van der Waals surface area contributed by atoms with Gasteiger partial charge in [0.2, 0.25) is 5.91 Å². The highest BCUT2D eigenvalue weighted by Crippen LogP contribution is 2.39. The lowest BCUT2D eigenvalue weighted by Crippen LogP contribution is -2.52. The molecule has 1 aliphatic rings. The molecule has 4 heterocycles. The fraction of sp³-hybridized carbons (Fsp3) is 0.167. The number of amides is 1. The summed E-state index contributed by atoms with van der Waals surface area (Å²) in [6, 6.07) is 9.62. The third-order valence-corrected chi connectivity index (χ3v) is 6.41. The van der Waals surface area contributed by atoms with Gasteiger partial charge in [-0.1, -0.05) is 5.16 Å². The number of pyridine rings is 1. The number of rotatable bonds is 3. The number of carbonyl (C=O) groups is 1. The lowest BCUT2D eigenvalue weighted by molar-refractivity contribution is -0.140. The number of anilines is 3. The standard InChI is InChI=1S/C24H17F4N7O3/c25-19-15(34-9-8-33(11-18(34)36)16-2-1-7-30-23(16)37)5-4-13-20(19)35(31-21(13)24(26,27)28)12-3-6-17-14(10-12)22(29)32-38-17/h1-7,10H,8-9,11H2,(H2,29,32)(H,30,37). The van der Waals surface area contributed by atoms with Gasteiger partial charge in [0.25, 0.3) is 5.56 Å². The van der Waals surface area contributed by atoms with Crippen molar-refractivity contribution < 1.29 is 26.9 Å². The number of nitrogen functional groups attached to an aromatic ring is 1. The van der Waals surface area contributed by atoms with Crippen LogP contribution in [0, 0.1) is 5.82 Å². The van der Waals surface area contributed by atoms with E-state index in [4.69, 9.17) is 10.3 Å². The first-order valence-electron chi connectivity index (χ1n) is 11.3. The molecule has 6 rings (SSSR count). The molecule has 194 valence electrons. The number of halogens is 4. The molecule has 0 atom stereocenters. The van der Waals surface area contributed by atoms with Gasteiger partial charge in [-0.15, -0.1) is 0 Å². The van der Waals surface area contributed by atoms with E-state index in [1.165, 1.54) is 24.4 Å². The number of benzene rings is 2. The molecule has 1 aliphatic heterocycles.